The van der Waals surface area contributed by atoms with Crippen LogP contribution in [0.1, 0.15) is 27.2 Å². The van der Waals surface area contributed by atoms with E-state index in [9.17, 15) is 4.79 Å². The lowest BCUT2D eigenvalue weighted by atomic mass is 10.2. The van der Waals surface area contributed by atoms with Gasteiger partial charge >= 0.3 is 5.97 Å². The molecule has 1 atom stereocenters. The van der Waals surface area contributed by atoms with E-state index in [-0.39, 0.29) is 18.1 Å². The smallest absolute Gasteiger partial charge is 0.323 e. The van der Waals surface area contributed by atoms with Crippen LogP contribution in [0, 0.1) is 0 Å². The van der Waals surface area contributed by atoms with Crippen molar-refractivity contribution < 1.29 is 9.53 Å². The summed E-state index contributed by atoms with van der Waals surface area (Å²) < 4.78 is 6.79. The molecule has 6 nitrogen and oxygen atoms in total. The van der Waals surface area contributed by atoms with E-state index in [0.29, 0.717) is 13.0 Å². The van der Waals surface area contributed by atoms with E-state index < -0.39 is 0 Å². The van der Waals surface area contributed by atoms with E-state index in [1.165, 1.54) is 6.33 Å². The molecule has 0 aromatic carbocycles. The SMILES string of the molecule is CCOC(=O)C(CCSc1ncnn1C)NC(C)C. The number of hydrogen-bond donors (Lipinski definition) is 1. The first-order chi connectivity index (χ1) is 9.04. The zero-order valence-electron chi connectivity index (χ0n) is 11.9. The van der Waals surface area contributed by atoms with Crippen molar-refractivity contribution in [3.8, 4) is 0 Å². The lowest BCUT2D eigenvalue weighted by Gasteiger charge is -2.19. The molecule has 0 saturated heterocycles. The van der Waals surface area contributed by atoms with Crippen molar-refractivity contribution in [2.45, 2.75) is 44.4 Å². The monoisotopic (exact) mass is 286 g/mol. The maximum atomic E-state index is 11.8. The number of thioether (sulfide) groups is 1. The largest absolute Gasteiger partial charge is 0.465 e. The Kier molecular flexibility index (Phi) is 6.86. The lowest BCUT2D eigenvalue weighted by Crippen LogP contribution is -2.42. The second-order valence-electron chi connectivity index (χ2n) is 4.43. The second kappa shape index (κ2) is 8.16. The molecule has 0 aliphatic carbocycles. The molecule has 0 amide bonds. The number of rotatable bonds is 8. The third-order valence-corrected chi connectivity index (χ3v) is 3.48. The van der Waals surface area contributed by atoms with Crippen LogP contribution >= 0.6 is 11.8 Å². The van der Waals surface area contributed by atoms with Crippen LogP contribution in [0.25, 0.3) is 0 Å². The van der Waals surface area contributed by atoms with Gasteiger partial charge < -0.3 is 10.1 Å². The van der Waals surface area contributed by atoms with E-state index in [4.69, 9.17) is 4.74 Å². The van der Waals surface area contributed by atoms with Crippen LogP contribution in [-0.2, 0) is 16.6 Å². The van der Waals surface area contributed by atoms with Crippen molar-refractivity contribution in [3.05, 3.63) is 6.33 Å². The van der Waals surface area contributed by atoms with Crippen LogP contribution in [0.4, 0.5) is 0 Å². The highest BCUT2D eigenvalue weighted by molar-refractivity contribution is 7.99. The number of ether oxygens (including phenoxy) is 1. The van der Waals surface area contributed by atoms with Crippen LogP contribution in [0.3, 0.4) is 0 Å². The van der Waals surface area contributed by atoms with Gasteiger partial charge in [-0.25, -0.2) is 9.67 Å². The summed E-state index contributed by atoms with van der Waals surface area (Å²) in [5.41, 5.74) is 0. The van der Waals surface area contributed by atoms with Gasteiger partial charge in [0.2, 0.25) is 0 Å². The van der Waals surface area contributed by atoms with Gasteiger partial charge in [0.25, 0.3) is 0 Å². The number of aryl methyl sites for hydroxylation is 1. The van der Waals surface area contributed by atoms with Crippen molar-refractivity contribution in [3.63, 3.8) is 0 Å². The molecule has 19 heavy (non-hydrogen) atoms. The molecular weight excluding hydrogens is 264 g/mol. The van der Waals surface area contributed by atoms with Crippen LogP contribution in [0.15, 0.2) is 11.5 Å². The standard InChI is InChI=1S/C12H22N4O2S/c1-5-18-11(17)10(15-9(2)3)6-7-19-12-13-8-14-16(12)4/h8-10,15H,5-7H2,1-4H3. The van der Waals surface area contributed by atoms with Gasteiger partial charge in [0.1, 0.15) is 12.4 Å². The fourth-order valence-electron chi connectivity index (χ4n) is 1.60. The second-order valence-corrected chi connectivity index (χ2v) is 5.49. The molecule has 1 heterocycles. The minimum atomic E-state index is -0.263. The van der Waals surface area contributed by atoms with E-state index in [2.05, 4.69) is 15.4 Å². The van der Waals surface area contributed by atoms with Crippen LogP contribution in [0.2, 0.25) is 0 Å². The molecule has 1 unspecified atom stereocenters. The maximum absolute atomic E-state index is 11.8. The summed E-state index contributed by atoms with van der Waals surface area (Å²) in [5.74, 6) is 0.602. The Morgan fingerprint density at radius 2 is 2.32 bits per heavy atom. The topological polar surface area (TPSA) is 69.0 Å². The number of hydrogen-bond acceptors (Lipinski definition) is 6. The number of carbonyl (C=O) groups is 1. The average Bonchev–Trinajstić information content (AvgIpc) is 2.74. The number of carbonyl (C=O) groups excluding carboxylic acids is 1. The highest BCUT2D eigenvalue weighted by Crippen LogP contribution is 2.15. The molecule has 0 aliphatic rings. The summed E-state index contributed by atoms with van der Waals surface area (Å²) in [4.78, 5) is 15.9. The Morgan fingerprint density at radius 3 is 2.84 bits per heavy atom. The summed E-state index contributed by atoms with van der Waals surface area (Å²) >= 11 is 1.59. The zero-order valence-corrected chi connectivity index (χ0v) is 12.7. The van der Waals surface area contributed by atoms with Gasteiger partial charge in [0.05, 0.1) is 6.61 Å². The van der Waals surface area contributed by atoms with Crippen molar-refractivity contribution >= 4 is 17.7 Å². The van der Waals surface area contributed by atoms with Gasteiger partial charge in [-0.1, -0.05) is 25.6 Å². The van der Waals surface area contributed by atoms with Gasteiger partial charge in [-0.3, -0.25) is 4.79 Å². The predicted octanol–water partition coefficient (Wildman–Crippen LogP) is 1.23. The molecule has 1 N–H and O–H groups in total. The summed E-state index contributed by atoms with van der Waals surface area (Å²) in [6, 6.07) is -0.0186. The summed E-state index contributed by atoms with van der Waals surface area (Å²) in [6.45, 7) is 6.26. The molecule has 0 radical (unpaired) electrons. The van der Waals surface area contributed by atoms with Crippen molar-refractivity contribution in [2.75, 3.05) is 12.4 Å². The number of nitrogens with zero attached hydrogens (tertiary/aromatic N) is 3. The van der Waals surface area contributed by atoms with Gasteiger partial charge in [-0.15, -0.1) is 0 Å². The number of nitrogens with one attached hydrogen (secondary N) is 1. The predicted molar refractivity (Wildman–Crippen MR) is 75.0 cm³/mol. The highest BCUT2D eigenvalue weighted by atomic mass is 32.2. The van der Waals surface area contributed by atoms with Gasteiger partial charge in [0.15, 0.2) is 5.16 Å². The van der Waals surface area contributed by atoms with Gasteiger partial charge in [0, 0.05) is 18.8 Å². The molecule has 1 aromatic heterocycles. The molecule has 0 spiro atoms. The first kappa shape index (κ1) is 16.0. The quantitative estimate of drug-likeness (QED) is 0.572. The van der Waals surface area contributed by atoms with Crippen LogP contribution in [0.5, 0.6) is 0 Å². The minimum absolute atomic E-state index is 0.185. The molecular formula is C12H22N4O2S. The molecule has 0 bridgehead atoms. The Balaban J connectivity index is 2.44. The molecule has 1 rings (SSSR count). The Morgan fingerprint density at radius 1 is 1.58 bits per heavy atom. The number of esters is 1. The van der Waals surface area contributed by atoms with E-state index in [0.717, 1.165) is 10.9 Å². The third-order valence-electron chi connectivity index (χ3n) is 2.41. The molecule has 1 aromatic rings. The highest BCUT2D eigenvalue weighted by Gasteiger charge is 2.20. The fourth-order valence-corrected chi connectivity index (χ4v) is 2.49. The molecule has 0 saturated carbocycles. The van der Waals surface area contributed by atoms with Gasteiger partial charge in [-0.2, -0.15) is 5.10 Å². The van der Waals surface area contributed by atoms with Crippen molar-refractivity contribution in [2.24, 2.45) is 7.05 Å². The minimum Gasteiger partial charge on any atom is -0.465 e. The van der Waals surface area contributed by atoms with E-state index in [1.807, 2.05) is 27.8 Å². The Hall–Kier alpha value is -1.08. The normalized spacial score (nSPS) is 12.7. The first-order valence-corrected chi connectivity index (χ1v) is 7.42. The van der Waals surface area contributed by atoms with Gasteiger partial charge in [-0.05, 0) is 13.3 Å². The summed E-state index contributed by atoms with van der Waals surface area (Å²) in [7, 11) is 1.85. The average molecular weight is 286 g/mol. The first-order valence-electron chi connectivity index (χ1n) is 6.44. The molecule has 0 fully saturated rings. The molecule has 108 valence electrons. The summed E-state index contributed by atoms with van der Waals surface area (Å²) in [5, 5.41) is 8.09. The fraction of sp³-hybridized carbons (Fsp3) is 0.750. The van der Waals surface area contributed by atoms with E-state index in [1.54, 1.807) is 16.4 Å². The van der Waals surface area contributed by atoms with Crippen molar-refractivity contribution in [1.29, 1.82) is 0 Å². The third kappa shape index (κ3) is 5.61. The Bertz CT molecular complexity index is 395. The van der Waals surface area contributed by atoms with Crippen LogP contribution < -0.4 is 5.32 Å². The lowest BCUT2D eigenvalue weighted by molar-refractivity contribution is -0.145. The van der Waals surface area contributed by atoms with Crippen molar-refractivity contribution in [1.82, 2.24) is 20.1 Å². The zero-order chi connectivity index (χ0) is 14.3. The summed E-state index contributed by atoms with van der Waals surface area (Å²) in [6.07, 6.45) is 2.23. The Labute approximate surface area is 118 Å². The number of aromatic nitrogens is 3. The molecule has 0 aliphatic heterocycles. The molecule has 7 heteroatoms. The van der Waals surface area contributed by atoms with E-state index >= 15 is 0 Å². The maximum Gasteiger partial charge on any atom is 0.323 e. The van der Waals surface area contributed by atoms with Crippen LogP contribution in [-0.4, -0.2) is 45.2 Å².